The van der Waals surface area contributed by atoms with Gasteiger partial charge in [0.15, 0.2) is 0 Å². The zero-order chi connectivity index (χ0) is 13.9. The molecule has 0 aliphatic carbocycles. The van der Waals surface area contributed by atoms with Crippen molar-refractivity contribution in [3.63, 3.8) is 0 Å². The Morgan fingerprint density at radius 3 is 2.50 bits per heavy atom. The summed E-state index contributed by atoms with van der Waals surface area (Å²) < 4.78 is 0. The van der Waals surface area contributed by atoms with E-state index in [1.54, 1.807) is 30.3 Å². The maximum atomic E-state index is 9.49. The van der Waals surface area contributed by atoms with Gasteiger partial charge in [0.1, 0.15) is 5.75 Å². The molecule has 0 saturated heterocycles. The van der Waals surface area contributed by atoms with Crippen molar-refractivity contribution in [1.29, 1.82) is 5.26 Å². The number of nitriles is 1. The van der Waals surface area contributed by atoms with Gasteiger partial charge in [0.05, 0.1) is 23.0 Å². The first-order valence-electron chi connectivity index (χ1n) is 6.11. The number of benzene rings is 2. The van der Waals surface area contributed by atoms with Crippen LogP contribution >= 0.6 is 0 Å². The highest BCUT2D eigenvalue weighted by atomic mass is 16.3. The van der Waals surface area contributed by atoms with Crippen molar-refractivity contribution in [1.82, 2.24) is 10.2 Å². The summed E-state index contributed by atoms with van der Waals surface area (Å²) in [5, 5.41) is 25.5. The van der Waals surface area contributed by atoms with Crippen molar-refractivity contribution in [3.8, 4) is 34.3 Å². The van der Waals surface area contributed by atoms with Crippen molar-refractivity contribution in [2.75, 3.05) is 0 Å². The van der Waals surface area contributed by atoms with Crippen LogP contribution in [0.4, 0.5) is 0 Å². The maximum Gasteiger partial charge on any atom is 0.116 e. The molecule has 1 aromatic heterocycles. The SMILES string of the molecule is N#Cc1ccc(-c2cc(-c3cccc(O)c3)[nH]n2)cc1. The summed E-state index contributed by atoms with van der Waals surface area (Å²) in [5.74, 6) is 0.219. The van der Waals surface area contributed by atoms with Crippen LogP contribution in [0.3, 0.4) is 0 Å². The molecule has 2 aromatic carbocycles. The smallest absolute Gasteiger partial charge is 0.116 e. The van der Waals surface area contributed by atoms with Crippen molar-refractivity contribution in [2.45, 2.75) is 0 Å². The van der Waals surface area contributed by atoms with Gasteiger partial charge in [0, 0.05) is 11.1 Å². The highest BCUT2D eigenvalue weighted by Crippen LogP contribution is 2.25. The molecule has 0 aliphatic rings. The number of rotatable bonds is 2. The van der Waals surface area contributed by atoms with E-state index in [4.69, 9.17) is 5.26 Å². The molecule has 0 bridgehead atoms. The maximum absolute atomic E-state index is 9.49. The number of aromatic nitrogens is 2. The fraction of sp³-hybridized carbons (Fsp3) is 0. The second-order valence-corrected chi connectivity index (χ2v) is 4.41. The first-order valence-corrected chi connectivity index (χ1v) is 6.11. The third kappa shape index (κ3) is 2.25. The van der Waals surface area contributed by atoms with E-state index in [2.05, 4.69) is 16.3 Å². The molecule has 2 N–H and O–H groups in total. The Kier molecular flexibility index (Phi) is 2.94. The van der Waals surface area contributed by atoms with Crippen molar-refractivity contribution in [3.05, 3.63) is 60.2 Å². The molecule has 1 heterocycles. The highest BCUT2D eigenvalue weighted by Gasteiger charge is 2.06. The fourth-order valence-corrected chi connectivity index (χ4v) is 2.01. The van der Waals surface area contributed by atoms with Crippen LogP contribution in [0.5, 0.6) is 5.75 Å². The van der Waals surface area contributed by atoms with Crippen molar-refractivity contribution < 1.29 is 5.11 Å². The average Bonchev–Trinajstić information content (AvgIpc) is 2.97. The first-order chi connectivity index (χ1) is 9.76. The van der Waals surface area contributed by atoms with Gasteiger partial charge in [-0.05, 0) is 30.3 Å². The van der Waals surface area contributed by atoms with Gasteiger partial charge in [0.25, 0.3) is 0 Å². The molecule has 4 heteroatoms. The lowest BCUT2D eigenvalue weighted by atomic mass is 10.1. The largest absolute Gasteiger partial charge is 0.508 e. The van der Waals surface area contributed by atoms with Crippen LogP contribution in [0, 0.1) is 11.3 Å². The second kappa shape index (κ2) is 4.90. The minimum absolute atomic E-state index is 0.219. The third-order valence-corrected chi connectivity index (χ3v) is 3.04. The molecule has 0 atom stereocenters. The van der Waals surface area contributed by atoms with E-state index in [-0.39, 0.29) is 5.75 Å². The second-order valence-electron chi connectivity index (χ2n) is 4.41. The zero-order valence-corrected chi connectivity index (χ0v) is 10.5. The van der Waals surface area contributed by atoms with Crippen LogP contribution in [0.2, 0.25) is 0 Å². The Balaban J connectivity index is 1.95. The van der Waals surface area contributed by atoms with Gasteiger partial charge in [-0.15, -0.1) is 0 Å². The Morgan fingerprint density at radius 1 is 1.00 bits per heavy atom. The van der Waals surface area contributed by atoms with Crippen LogP contribution in [0.15, 0.2) is 54.6 Å². The summed E-state index contributed by atoms with van der Waals surface area (Å²) in [6, 6.07) is 18.2. The molecule has 0 aliphatic heterocycles. The van der Waals surface area contributed by atoms with E-state index in [1.807, 2.05) is 24.3 Å². The predicted octanol–water partition coefficient (Wildman–Crippen LogP) is 3.32. The highest BCUT2D eigenvalue weighted by molar-refractivity contribution is 5.69. The van der Waals surface area contributed by atoms with Gasteiger partial charge >= 0.3 is 0 Å². The Labute approximate surface area is 115 Å². The van der Waals surface area contributed by atoms with Crippen LogP contribution in [-0.4, -0.2) is 15.3 Å². The number of hydrogen-bond acceptors (Lipinski definition) is 3. The molecule has 0 unspecified atom stereocenters. The van der Waals surface area contributed by atoms with Gasteiger partial charge in [-0.25, -0.2) is 0 Å². The number of phenols is 1. The summed E-state index contributed by atoms with van der Waals surface area (Å²) >= 11 is 0. The quantitative estimate of drug-likeness (QED) is 0.743. The lowest BCUT2D eigenvalue weighted by molar-refractivity contribution is 0.475. The molecule has 3 rings (SSSR count). The van der Waals surface area contributed by atoms with Crippen molar-refractivity contribution in [2.24, 2.45) is 0 Å². The van der Waals surface area contributed by atoms with E-state index >= 15 is 0 Å². The van der Waals surface area contributed by atoms with Gasteiger partial charge in [-0.3, -0.25) is 5.10 Å². The summed E-state index contributed by atoms with van der Waals surface area (Å²) in [4.78, 5) is 0. The number of hydrogen-bond donors (Lipinski definition) is 2. The molecule has 3 aromatic rings. The molecule has 4 nitrogen and oxygen atoms in total. The normalized spacial score (nSPS) is 10.2. The zero-order valence-electron chi connectivity index (χ0n) is 10.5. The van der Waals surface area contributed by atoms with E-state index in [0.717, 1.165) is 22.5 Å². The van der Waals surface area contributed by atoms with Crippen LogP contribution in [0.25, 0.3) is 22.5 Å². The number of H-pyrrole nitrogens is 1. The van der Waals surface area contributed by atoms with E-state index < -0.39 is 0 Å². The standard InChI is InChI=1S/C16H11N3O/c17-10-11-4-6-12(7-5-11)15-9-16(19-18-15)13-2-1-3-14(20)8-13/h1-9,20H,(H,18,19). The average molecular weight is 261 g/mol. The summed E-state index contributed by atoms with van der Waals surface area (Å²) in [6.45, 7) is 0. The van der Waals surface area contributed by atoms with Crippen LogP contribution in [0.1, 0.15) is 5.56 Å². The molecule has 0 saturated carbocycles. The monoisotopic (exact) mass is 261 g/mol. The number of phenolic OH excluding ortho intramolecular Hbond substituents is 1. The summed E-state index contributed by atoms with van der Waals surface area (Å²) in [5.41, 5.74) is 4.06. The lowest BCUT2D eigenvalue weighted by Crippen LogP contribution is -1.78. The minimum atomic E-state index is 0.219. The Hall–Kier alpha value is -3.06. The summed E-state index contributed by atoms with van der Waals surface area (Å²) in [6.07, 6.45) is 0. The van der Waals surface area contributed by atoms with E-state index in [9.17, 15) is 5.11 Å². The summed E-state index contributed by atoms with van der Waals surface area (Å²) in [7, 11) is 0. The molecule has 0 radical (unpaired) electrons. The van der Waals surface area contributed by atoms with Gasteiger partial charge in [0.2, 0.25) is 0 Å². The number of aromatic hydroxyl groups is 1. The lowest BCUT2D eigenvalue weighted by Gasteiger charge is -1.97. The molecule has 0 fully saturated rings. The third-order valence-electron chi connectivity index (χ3n) is 3.04. The van der Waals surface area contributed by atoms with E-state index in [1.165, 1.54) is 0 Å². The van der Waals surface area contributed by atoms with Crippen molar-refractivity contribution >= 4 is 0 Å². The number of aromatic amines is 1. The first kappa shape index (κ1) is 12.0. The minimum Gasteiger partial charge on any atom is -0.508 e. The number of nitrogens with one attached hydrogen (secondary N) is 1. The van der Waals surface area contributed by atoms with Crippen LogP contribution < -0.4 is 0 Å². The fourth-order valence-electron chi connectivity index (χ4n) is 2.01. The molecule has 0 amide bonds. The molecule has 96 valence electrons. The Bertz CT molecular complexity index is 782. The predicted molar refractivity (Wildman–Crippen MR) is 75.8 cm³/mol. The van der Waals surface area contributed by atoms with Gasteiger partial charge in [-0.2, -0.15) is 10.4 Å². The van der Waals surface area contributed by atoms with Crippen LogP contribution in [-0.2, 0) is 0 Å². The molecular formula is C16H11N3O. The topological polar surface area (TPSA) is 72.7 Å². The molecular weight excluding hydrogens is 250 g/mol. The molecule has 0 spiro atoms. The molecule has 20 heavy (non-hydrogen) atoms. The number of nitrogens with zero attached hydrogens (tertiary/aromatic N) is 2. The van der Waals surface area contributed by atoms with Gasteiger partial charge < -0.3 is 5.11 Å². The Morgan fingerprint density at radius 2 is 1.80 bits per heavy atom. The van der Waals surface area contributed by atoms with Gasteiger partial charge in [-0.1, -0.05) is 24.3 Å². The van der Waals surface area contributed by atoms with E-state index in [0.29, 0.717) is 5.56 Å².